The summed E-state index contributed by atoms with van der Waals surface area (Å²) >= 11 is 3.05. The van der Waals surface area contributed by atoms with E-state index in [0.29, 0.717) is 5.75 Å². The van der Waals surface area contributed by atoms with Crippen molar-refractivity contribution in [2.24, 2.45) is 0 Å². The largest absolute Gasteiger partial charge is 0.469 e. The molecule has 0 saturated carbocycles. The van der Waals surface area contributed by atoms with E-state index >= 15 is 0 Å². The molecule has 0 saturated heterocycles. The molecular weight excluding hydrogens is 336 g/mol. The predicted octanol–water partition coefficient (Wildman–Crippen LogP) is 3.42. The molecule has 0 aromatic heterocycles. The van der Waals surface area contributed by atoms with Crippen LogP contribution in [0.2, 0.25) is 0 Å². The van der Waals surface area contributed by atoms with Crippen molar-refractivity contribution in [3.63, 3.8) is 0 Å². The van der Waals surface area contributed by atoms with Gasteiger partial charge < -0.3 is 9.47 Å². The molecule has 2 aromatic rings. The summed E-state index contributed by atoms with van der Waals surface area (Å²) in [6.45, 7) is 1.80. The second kappa shape index (κ2) is 6.72. The fraction of sp³-hybridized carbons (Fsp3) is 0.250. The summed E-state index contributed by atoms with van der Waals surface area (Å²) < 4.78 is 9.90. The van der Waals surface area contributed by atoms with Crippen molar-refractivity contribution in [3.8, 4) is 5.75 Å². The number of hydrogen-bond acceptors (Lipinski definition) is 4. The summed E-state index contributed by atoms with van der Waals surface area (Å²) in [5, 5.41) is 2.07. The number of ether oxygens (including phenoxy) is 2. The van der Waals surface area contributed by atoms with Gasteiger partial charge in [0.05, 0.1) is 13.0 Å². The molecule has 0 fully saturated rings. The molecule has 4 nitrogen and oxygen atoms in total. The average molecular weight is 351 g/mol. The van der Waals surface area contributed by atoms with Gasteiger partial charge >= 0.3 is 11.9 Å². The molecule has 2 aromatic carbocycles. The van der Waals surface area contributed by atoms with Gasteiger partial charge in [-0.3, -0.25) is 9.59 Å². The first-order valence-corrected chi connectivity index (χ1v) is 7.55. The molecule has 2 rings (SSSR count). The van der Waals surface area contributed by atoms with E-state index in [1.54, 1.807) is 19.1 Å². The number of carbonyl (C=O) groups is 2. The van der Waals surface area contributed by atoms with Crippen LogP contribution in [-0.4, -0.2) is 24.4 Å². The summed E-state index contributed by atoms with van der Waals surface area (Å²) in [5.74, 6) is -0.423. The highest BCUT2D eigenvalue weighted by molar-refractivity contribution is 9.09. The third kappa shape index (κ3) is 3.61. The van der Waals surface area contributed by atoms with Crippen LogP contribution in [0, 0.1) is 0 Å². The number of fused-ring (bicyclic) bond motifs is 1. The Morgan fingerprint density at radius 2 is 1.81 bits per heavy atom. The predicted molar refractivity (Wildman–Crippen MR) is 83.8 cm³/mol. The molecule has 0 radical (unpaired) electrons. The standard InChI is InChI=1S/C16H15BrO4/c1-10(16(19)20-2)11-3-4-13-8-14(21-15(18)9-17)6-5-12(13)7-11/h3-8,10H,9H2,1-2H3/t10-/m1/s1. The van der Waals surface area contributed by atoms with E-state index in [4.69, 9.17) is 9.47 Å². The molecule has 0 aliphatic rings. The van der Waals surface area contributed by atoms with E-state index in [-0.39, 0.29) is 23.2 Å². The third-order valence-electron chi connectivity index (χ3n) is 3.23. The SMILES string of the molecule is COC(=O)[C@H](C)c1ccc2cc(OC(=O)CBr)ccc2c1. The Kier molecular flexibility index (Phi) is 4.96. The van der Waals surface area contributed by atoms with Crippen LogP contribution in [0.25, 0.3) is 10.8 Å². The summed E-state index contributed by atoms with van der Waals surface area (Å²) in [6, 6.07) is 11.1. The maximum atomic E-state index is 11.6. The summed E-state index contributed by atoms with van der Waals surface area (Å²) in [6.07, 6.45) is 0. The third-order valence-corrected chi connectivity index (χ3v) is 3.69. The second-order valence-corrected chi connectivity index (χ2v) is 5.18. The molecule has 0 unspecified atom stereocenters. The smallest absolute Gasteiger partial charge is 0.321 e. The lowest BCUT2D eigenvalue weighted by Crippen LogP contribution is -2.10. The fourth-order valence-corrected chi connectivity index (χ4v) is 2.16. The lowest BCUT2D eigenvalue weighted by Gasteiger charge is -2.11. The molecule has 21 heavy (non-hydrogen) atoms. The Hall–Kier alpha value is -1.88. The lowest BCUT2D eigenvalue weighted by atomic mass is 9.98. The van der Waals surface area contributed by atoms with Crippen LogP contribution in [0.5, 0.6) is 5.75 Å². The van der Waals surface area contributed by atoms with Crippen LogP contribution < -0.4 is 4.74 Å². The number of benzene rings is 2. The van der Waals surface area contributed by atoms with Crippen molar-refractivity contribution in [2.75, 3.05) is 12.4 Å². The normalized spacial score (nSPS) is 12.0. The van der Waals surface area contributed by atoms with Crippen molar-refractivity contribution >= 4 is 38.6 Å². The zero-order chi connectivity index (χ0) is 15.4. The van der Waals surface area contributed by atoms with Gasteiger partial charge in [-0.1, -0.05) is 40.2 Å². The maximum Gasteiger partial charge on any atom is 0.321 e. The van der Waals surface area contributed by atoms with Gasteiger partial charge in [-0.05, 0) is 35.4 Å². The van der Waals surface area contributed by atoms with Gasteiger partial charge in [0.25, 0.3) is 0 Å². The van der Waals surface area contributed by atoms with Crippen LogP contribution in [0.1, 0.15) is 18.4 Å². The van der Waals surface area contributed by atoms with Crippen molar-refractivity contribution in [2.45, 2.75) is 12.8 Å². The van der Waals surface area contributed by atoms with Gasteiger partial charge in [-0.25, -0.2) is 0 Å². The average Bonchev–Trinajstić information content (AvgIpc) is 2.52. The van der Waals surface area contributed by atoms with E-state index in [1.807, 2.05) is 24.3 Å². The van der Waals surface area contributed by atoms with E-state index in [9.17, 15) is 9.59 Å². The summed E-state index contributed by atoms with van der Waals surface area (Å²) in [4.78, 5) is 22.8. The van der Waals surface area contributed by atoms with Crippen LogP contribution in [0.4, 0.5) is 0 Å². The lowest BCUT2D eigenvalue weighted by molar-refractivity contribution is -0.142. The molecule has 0 bridgehead atoms. The Labute approximate surface area is 131 Å². The highest BCUT2D eigenvalue weighted by Crippen LogP contribution is 2.26. The number of hydrogen-bond donors (Lipinski definition) is 0. The number of rotatable bonds is 4. The zero-order valence-electron chi connectivity index (χ0n) is 11.8. The van der Waals surface area contributed by atoms with E-state index in [1.165, 1.54) is 7.11 Å². The molecule has 0 spiro atoms. The molecule has 110 valence electrons. The van der Waals surface area contributed by atoms with Gasteiger partial charge in [0.2, 0.25) is 0 Å². The Bertz CT molecular complexity index is 681. The minimum absolute atomic E-state index is 0.153. The zero-order valence-corrected chi connectivity index (χ0v) is 13.3. The quantitative estimate of drug-likeness (QED) is 0.481. The molecular formula is C16H15BrO4. The number of carbonyl (C=O) groups excluding carboxylic acids is 2. The number of methoxy groups -OCH3 is 1. The molecule has 1 atom stereocenters. The topological polar surface area (TPSA) is 52.6 Å². The minimum atomic E-state index is -0.342. The number of alkyl halides is 1. The van der Waals surface area contributed by atoms with Crippen LogP contribution in [0.3, 0.4) is 0 Å². The Balaban J connectivity index is 2.31. The molecule has 0 heterocycles. The maximum absolute atomic E-state index is 11.6. The van der Waals surface area contributed by atoms with Crippen molar-refractivity contribution < 1.29 is 19.1 Å². The Morgan fingerprint density at radius 3 is 2.48 bits per heavy atom. The minimum Gasteiger partial charge on any atom is -0.469 e. The van der Waals surface area contributed by atoms with E-state index < -0.39 is 0 Å². The monoisotopic (exact) mass is 350 g/mol. The van der Waals surface area contributed by atoms with Gasteiger partial charge in [0, 0.05) is 0 Å². The summed E-state index contributed by atoms with van der Waals surface area (Å²) in [7, 11) is 1.38. The first kappa shape index (κ1) is 15.5. The number of esters is 2. The van der Waals surface area contributed by atoms with Crippen LogP contribution >= 0.6 is 15.9 Å². The van der Waals surface area contributed by atoms with Gasteiger partial charge in [-0.2, -0.15) is 0 Å². The Morgan fingerprint density at radius 1 is 1.14 bits per heavy atom. The number of halogens is 1. The van der Waals surface area contributed by atoms with E-state index in [2.05, 4.69) is 15.9 Å². The molecule has 0 aliphatic heterocycles. The van der Waals surface area contributed by atoms with Crippen LogP contribution in [-0.2, 0) is 14.3 Å². The second-order valence-electron chi connectivity index (χ2n) is 4.62. The fourth-order valence-electron chi connectivity index (χ4n) is 2.05. The molecule has 5 heteroatoms. The molecule has 0 aliphatic carbocycles. The molecule has 0 N–H and O–H groups in total. The first-order valence-electron chi connectivity index (χ1n) is 6.43. The van der Waals surface area contributed by atoms with Gasteiger partial charge in [0.1, 0.15) is 11.1 Å². The highest BCUT2D eigenvalue weighted by Gasteiger charge is 2.15. The first-order chi connectivity index (χ1) is 10.0. The van der Waals surface area contributed by atoms with Gasteiger partial charge in [-0.15, -0.1) is 0 Å². The highest BCUT2D eigenvalue weighted by atomic mass is 79.9. The van der Waals surface area contributed by atoms with Gasteiger partial charge in [0.15, 0.2) is 0 Å². The van der Waals surface area contributed by atoms with Crippen molar-refractivity contribution in [1.29, 1.82) is 0 Å². The summed E-state index contributed by atoms with van der Waals surface area (Å²) in [5.41, 5.74) is 0.888. The van der Waals surface area contributed by atoms with E-state index in [0.717, 1.165) is 16.3 Å². The van der Waals surface area contributed by atoms with Crippen molar-refractivity contribution in [1.82, 2.24) is 0 Å². The molecule has 0 amide bonds. The van der Waals surface area contributed by atoms with Crippen LogP contribution in [0.15, 0.2) is 36.4 Å². The van der Waals surface area contributed by atoms with Crippen molar-refractivity contribution in [3.05, 3.63) is 42.0 Å².